The number of nitrogens with one attached hydrogen (secondary N) is 1. The smallest absolute Gasteiger partial charge is 0.417 e. The number of allylic oxidation sites excluding steroid dienone is 1. The van der Waals surface area contributed by atoms with E-state index in [-0.39, 0.29) is 76.8 Å². The number of aliphatic hydroxyl groups is 3. The van der Waals surface area contributed by atoms with Crippen molar-refractivity contribution >= 4 is 23.6 Å². The van der Waals surface area contributed by atoms with E-state index in [1.165, 1.54) is 45.6 Å². The molecular weight excluding hydrogens is 963 g/mol. The number of benzene rings is 2. The lowest BCUT2D eigenvalue weighted by Gasteiger charge is -2.59. The van der Waals surface area contributed by atoms with Crippen molar-refractivity contribution in [3.05, 3.63) is 66.3 Å². The number of carbonyl (C=O) groups excluding carboxylic acids is 2. The van der Waals surface area contributed by atoms with Crippen LogP contribution in [0.5, 0.6) is 23.0 Å². The van der Waals surface area contributed by atoms with E-state index in [0.29, 0.717) is 67.4 Å². The van der Waals surface area contributed by atoms with Crippen molar-refractivity contribution in [3.8, 4) is 23.0 Å². The normalized spacial score (nSPS) is 23.2. The number of rotatable bonds is 34. The summed E-state index contributed by atoms with van der Waals surface area (Å²) >= 11 is 0. The molecule has 2 amide bonds. The molecule has 75 heavy (non-hydrogen) atoms. The zero-order valence-corrected chi connectivity index (χ0v) is 45.0. The Bertz CT molecular complexity index is 2110. The molecule has 2 aliphatic heterocycles. The van der Waals surface area contributed by atoms with E-state index >= 15 is 0 Å². The van der Waals surface area contributed by atoms with Crippen LogP contribution in [0.15, 0.2) is 65.9 Å². The topological polar surface area (TPSA) is 206 Å². The van der Waals surface area contributed by atoms with Gasteiger partial charge in [-0.3, -0.25) is 10.2 Å². The highest BCUT2D eigenvalue weighted by atomic mass is 16.8. The highest BCUT2D eigenvalue weighted by molar-refractivity contribution is 6.03. The van der Waals surface area contributed by atoms with E-state index < -0.39 is 42.1 Å². The fraction of sp³-hybridized carbons (Fsp3) is 0.672. The Morgan fingerprint density at radius 3 is 2.29 bits per heavy atom. The van der Waals surface area contributed by atoms with Crippen LogP contribution >= 0.6 is 0 Å². The summed E-state index contributed by atoms with van der Waals surface area (Å²) in [5.41, 5.74) is 2.62. The number of ether oxygens (including phenoxy) is 8. The minimum Gasteiger partial charge on any atom is -0.497 e. The Labute approximate surface area is 445 Å². The fourth-order valence-electron chi connectivity index (χ4n) is 11.3. The number of methoxy groups -OCH3 is 2. The van der Waals surface area contributed by atoms with Crippen LogP contribution in [0.1, 0.15) is 147 Å². The van der Waals surface area contributed by atoms with Gasteiger partial charge in [0.1, 0.15) is 29.0 Å². The Balaban J connectivity index is 1.44. The van der Waals surface area contributed by atoms with E-state index in [2.05, 4.69) is 24.9 Å². The van der Waals surface area contributed by atoms with Gasteiger partial charge in [0.05, 0.1) is 71.2 Å². The fourth-order valence-corrected chi connectivity index (χ4v) is 11.3. The van der Waals surface area contributed by atoms with Crippen LogP contribution in [0.25, 0.3) is 0 Å². The lowest BCUT2D eigenvalue weighted by Crippen LogP contribution is -2.70. The van der Waals surface area contributed by atoms with Crippen molar-refractivity contribution in [3.63, 3.8) is 0 Å². The zero-order valence-electron chi connectivity index (χ0n) is 45.0. The Kier molecular flexibility index (Phi) is 25.3. The highest BCUT2D eigenvalue weighted by Crippen LogP contribution is 2.62. The minimum atomic E-state index is -1.57. The Morgan fingerprint density at radius 1 is 0.853 bits per heavy atom. The van der Waals surface area contributed by atoms with Gasteiger partial charge in [-0.05, 0) is 92.7 Å². The van der Waals surface area contributed by atoms with Gasteiger partial charge in [0.2, 0.25) is 12.1 Å². The number of fused-ring (bicyclic) bond motifs is 2. The molecule has 0 spiro atoms. The monoisotopic (exact) mass is 1050 g/mol. The first kappa shape index (κ1) is 59.3. The second-order valence-corrected chi connectivity index (χ2v) is 20.1. The maximum absolute atomic E-state index is 14.9. The molecule has 2 aromatic carbocycles. The van der Waals surface area contributed by atoms with Gasteiger partial charge in [0.15, 0.2) is 0 Å². The number of aliphatic hydroxyl groups excluding tert-OH is 3. The maximum atomic E-state index is 14.9. The van der Waals surface area contributed by atoms with Crippen molar-refractivity contribution in [2.45, 2.75) is 159 Å². The summed E-state index contributed by atoms with van der Waals surface area (Å²) in [7, 11) is 3.05. The number of amides is 2. The molecule has 4 N–H and O–H groups in total. The average Bonchev–Trinajstić information content (AvgIpc) is 3.42. The summed E-state index contributed by atoms with van der Waals surface area (Å²) < 4.78 is 49.5. The highest BCUT2D eigenvalue weighted by Gasteiger charge is 2.65. The number of unbranched alkanes of at least 4 members (excludes halogenated alkanes) is 11. The number of hydrogen-bond donors (Lipinski definition) is 4. The molecule has 0 aromatic heterocycles. The van der Waals surface area contributed by atoms with E-state index in [1.807, 2.05) is 6.07 Å². The van der Waals surface area contributed by atoms with Gasteiger partial charge in [-0.15, -0.1) is 6.58 Å². The minimum absolute atomic E-state index is 0.0310. The van der Waals surface area contributed by atoms with Crippen molar-refractivity contribution in [2.24, 2.45) is 22.9 Å². The largest absolute Gasteiger partial charge is 0.497 e. The molecule has 7 atom stereocenters. The van der Waals surface area contributed by atoms with Gasteiger partial charge in [0, 0.05) is 50.1 Å². The number of anilines is 1. The molecule has 418 valence electrons. The van der Waals surface area contributed by atoms with Gasteiger partial charge in [-0.2, -0.15) is 0 Å². The second-order valence-electron chi connectivity index (χ2n) is 20.1. The van der Waals surface area contributed by atoms with Gasteiger partial charge >= 0.3 is 12.2 Å². The second kappa shape index (κ2) is 32.0. The summed E-state index contributed by atoms with van der Waals surface area (Å²) in [6, 6.07) is 9.49. The van der Waals surface area contributed by atoms with Crippen LogP contribution in [0.4, 0.5) is 15.3 Å². The van der Waals surface area contributed by atoms with Gasteiger partial charge in [-0.1, -0.05) is 94.9 Å². The molecule has 2 aliphatic carbocycles. The summed E-state index contributed by atoms with van der Waals surface area (Å²) in [6.45, 7) is 7.29. The van der Waals surface area contributed by atoms with Crippen LogP contribution in [-0.2, 0) is 23.8 Å². The van der Waals surface area contributed by atoms with Crippen LogP contribution in [0, 0.1) is 17.8 Å². The van der Waals surface area contributed by atoms with E-state index in [9.17, 15) is 24.9 Å². The van der Waals surface area contributed by atoms with Gasteiger partial charge in [-0.25, -0.2) is 9.59 Å². The van der Waals surface area contributed by atoms with Crippen molar-refractivity contribution < 1.29 is 67.6 Å². The quantitative estimate of drug-likeness (QED) is 0.0292. The van der Waals surface area contributed by atoms with Crippen LogP contribution < -0.4 is 24.3 Å². The van der Waals surface area contributed by atoms with E-state index in [1.54, 1.807) is 48.4 Å². The number of oxime groups is 1. The van der Waals surface area contributed by atoms with E-state index in [0.717, 1.165) is 62.5 Å². The van der Waals surface area contributed by atoms with Gasteiger partial charge < -0.3 is 58.1 Å². The molecule has 0 bridgehead atoms. The molecule has 2 aromatic rings. The number of carbonyl (C=O) groups is 2. The van der Waals surface area contributed by atoms with Crippen LogP contribution in [0.3, 0.4) is 0 Å². The third-order valence-corrected chi connectivity index (χ3v) is 15.0. The molecule has 17 heteroatoms. The lowest BCUT2D eigenvalue weighted by molar-refractivity contribution is -0.256. The molecule has 17 nitrogen and oxygen atoms in total. The third kappa shape index (κ3) is 16.5. The van der Waals surface area contributed by atoms with Crippen molar-refractivity contribution in [1.82, 2.24) is 4.90 Å². The maximum Gasteiger partial charge on any atom is 0.417 e. The molecule has 4 aliphatic rings. The predicted molar refractivity (Wildman–Crippen MR) is 287 cm³/mol. The standard InChI is InChI=1S/C58H87N3O14/c1-5-7-8-9-10-11-12-13-14-20-35-71-57(66)61(29-36-69-37-32-64)52-41-49(60-75-53-24-17-21-34-70-53)46-38-42(22-15-18-30-62)45(23-16-19-31-63)54-47-39-44(26-28-50(47)74-58(52,55(46)54)72-33-6-2)73-56(65)59-48-27-25-43(67-3)40-51(48)68-4/h6,25-28,38-40,42,45,52-55,62-64H,2,5,7-24,29-37,41H2,1,3-4H3,(H,59,65). The van der Waals surface area contributed by atoms with Crippen molar-refractivity contribution in [2.75, 3.05) is 78.9 Å². The Morgan fingerprint density at radius 2 is 1.60 bits per heavy atom. The molecule has 2 heterocycles. The van der Waals surface area contributed by atoms with Crippen LogP contribution in [-0.4, -0.2) is 130 Å². The molecular formula is C58H87N3O14. The molecule has 0 radical (unpaired) electrons. The lowest BCUT2D eigenvalue weighted by atomic mass is 9.55. The van der Waals surface area contributed by atoms with Crippen molar-refractivity contribution in [1.29, 1.82) is 0 Å². The summed E-state index contributed by atoms with van der Waals surface area (Å²) in [6.07, 6.45) is 20.3. The first-order chi connectivity index (χ1) is 36.7. The summed E-state index contributed by atoms with van der Waals surface area (Å²) in [5, 5.41) is 37.6. The van der Waals surface area contributed by atoms with Crippen LogP contribution in [0.2, 0.25) is 0 Å². The summed E-state index contributed by atoms with van der Waals surface area (Å²) in [4.78, 5) is 36.6. The SMILES string of the molecule is C=CCOC12Oc3ccc(OC(=O)Nc4ccc(OC)cc4OC)cc3C3C(CCCCO)C(CCCCO)C=C(C(=NOC4CCCCO4)CC1N(CCOCCO)C(=O)OCCCCCCCCCCCC)C32. The molecule has 1 saturated heterocycles. The Hall–Kier alpha value is -4.91. The summed E-state index contributed by atoms with van der Waals surface area (Å²) in [5.74, 6) is -1.01. The first-order valence-corrected chi connectivity index (χ1v) is 27.9. The number of nitrogens with zero attached hydrogens (tertiary/aromatic N) is 2. The zero-order chi connectivity index (χ0) is 53.3. The molecule has 1 saturated carbocycles. The van der Waals surface area contributed by atoms with Gasteiger partial charge in [0.25, 0.3) is 0 Å². The number of hydrogen-bond acceptors (Lipinski definition) is 15. The van der Waals surface area contributed by atoms with E-state index in [4.69, 9.17) is 47.9 Å². The molecule has 7 unspecified atom stereocenters. The molecule has 6 rings (SSSR count). The molecule has 2 fully saturated rings. The first-order valence-electron chi connectivity index (χ1n) is 27.9. The average molecular weight is 1050 g/mol. The predicted octanol–water partition coefficient (Wildman–Crippen LogP) is 10.8. The third-order valence-electron chi connectivity index (χ3n) is 15.0.